The molecule has 10 amide bonds. The van der Waals surface area contributed by atoms with Gasteiger partial charge >= 0.3 is 5.97 Å². The molecule has 0 saturated carbocycles. The van der Waals surface area contributed by atoms with E-state index in [4.69, 9.17) is 11.5 Å². The highest BCUT2D eigenvalue weighted by atomic mass is 33.1. The van der Waals surface area contributed by atoms with Crippen LogP contribution in [0.4, 0.5) is 0 Å². The topological polar surface area (TPSA) is 444 Å². The van der Waals surface area contributed by atoms with Crippen molar-refractivity contribution >= 4 is 97.4 Å². The van der Waals surface area contributed by atoms with Crippen molar-refractivity contribution in [1.82, 2.24) is 58.1 Å². The number of rotatable bonds is 21. The number of carboxylic acid groups (broad SMARTS) is 1. The summed E-state index contributed by atoms with van der Waals surface area (Å²) in [6.45, 7) is 5.98. The molecule has 13 atom stereocenters. The van der Waals surface area contributed by atoms with E-state index in [1.807, 2.05) is 62.4 Å². The summed E-state index contributed by atoms with van der Waals surface area (Å²) >= 11 is 0. The van der Waals surface area contributed by atoms with Gasteiger partial charge < -0.3 is 90.0 Å². The number of hydrogen-bond donors (Lipinski definition) is 16. The van der Waals surface area contributed by atoms with Gasteiger partial charge in [0.1, 0.15) is 60.4 Å². The maximum absolute atomic E-state index is 15.6. The molecule has 0 spiro atoms. The summed E-state index contributed by atoms with van der Waals surface area (Å²) in [6.07, 6.45) is -3.65. The summed E-state index contributed by atoms with van der Waals surface area (Å²) in [6, 6.07) is 28.3. The molecule has 7 rings (SSSR count). The SMILES string of the molecule is CC(C)NCc1ccc(C[C@@H]2NC(=O)[C@@H](Cc3ccc4ccccc4c3)NC(=O)[C@H](Cc3ccccc3)NC(=O)[C@H](Cc3ccccc3)NC(=O)[C@H](CCCCN)NC(=O)[C@@H](N)CSSC[C@@H](C(=O)O)NC(=O)[C@H](CO)N(C)C(=O)[C@H]([C@@H](C)O)NC(=O)[C@H](Cc3ccccc3)NC(=O)[C@H]([C@@H](C)O)NC2=O)cc1. The van der Waals surface area contributed by atoms with E-state index < -0.39 is 150 Å². The minimum absolute atomic E-state index is 0.0311. The second-order valence-corrected chi connectivity index (χ2v) is 29.4. The highest BCUT2D eigenvalue weighted by Crippen LogP contribution is 2.24. The molecular formula is C77H99N13O15S2. The first-order valence-corrected chi connectivity index (χ1v) is 38.0. The molecule has 1 heterocycles. The van der Waals surface area contributed by atoms with Crippen LogP contribution in [0, 0.1) is 0 Å². The fraction of sp³-hybridized carbons (Fsp3) is 0.416. The summed E-state index contributed by atoms with van der Waals surface area (Å²) < 4.78 is 0. The third-order valence-electron chi connectivity index (χ3n) is 17.9. The Labute approximate surface area is 630 Å². The number of nitrogens with one attached hydrogen (secondary N) is 10. The first-order chi connectivity index (χ1) is 51.2. The van der Waals surface area contributed by atoms with Crippen molar-refractivity contribution in [3.05, 3.63) is 191 Å². The van der Waals surface area contributed by atoms with Gasteiger partial charge in [0, 0.05) is 63.2 Å². The van der Waals surface area contributed by atoms with Gasteiger partial charge in [-0.05, 0) is 83.8 Å². The lowest BCUT2D eigenvalue weighted by molar-refractivity contribution is -0.147. The Morgan fingerprint density at radius 3 is 1.32 bits per heavy atom. The highest BCUT2D eigenvalue weighted by Gasteiger charge is 2.40. The zero-order valence-electron chi connectivity index (χ0n) is 60.5. The molecule has 6 aromatic rings. The van der Waals surface area contributed by atoms with Crippen LogP contribution in [0.25, 0.3) is 10.8 Å². The van der Waals surface area contributed by atoms with Gasteiger partial charge in [-0.1, -0.05) is 193 Å². The van der Waals surface area contributed by atoms with Gasteiger partial charge in [-0.15, -0.1) is 0 Å². The molecule has 1 saturated heterocycles. The lowest BCUT2D eigenvalue weighted by Crippen LogP contribution is -2.63. The van der Waals surface area contributed by atoms with Crippen LogP contribution in [-0.4, -0.2) is 207 Å². The third-order valence-corrected chi connectivity index (χ3v) is 20.4. The molecule has 107 heavy (non-hydrogen) atoms. The third kappa shape index (κ3) is 26.6. The Morgan fingerprint density at radius 2 is 0.860 bits per heavy atom. The number of carbonyl (C=O) groups excluding carboxylic acids is 10. The van der Waals surface area contributed by atoms with Crippen molar-refractivity contribution < 1.29 is 73.2 Å². The maximum Gasteiger partial charge on any atom is 0.327 e. The van der Waals surface area contributed by atoms with E-state index in [-0.39, 0.29) is 62.6 Å². The Morgan fingerprint density at radius 1 is 0.467 bits per heavy atom. The molecular weight excluding hydrogens is 1410 g/mol. The number of nitrogens with zero attached hydrogens (tertiary/aromatic N) is 1. The molecule has 28 nitrogen and oxygen atoms in total. The van der Waals surface area contributed by atoms with Gasteiger partial charge in [0.2, 0.25) is 59.1 Å². The van der Waals surface area contributed by atoms with Crippen LogP contribution in [-0.2, 0) is 91.4 Å². The standard InChI is InChI=1S/C77H99N13O15S2/c1-45(2)80-41-52-30-28-51(29-31-52)39-60-72(99)88-65(46(3)92)75(102)86-61(38-50-23-13-8-14-24-50)73(100)89-66(47(4)93)76(103)90(5)64(42-91)74(101)87-63(77(104)105)44-107-106-43-56(79)67(94)81-57(27-17-18-34-78)68(95)82-58(36-48-19-9-6-10-20-48)69(96)83-59(37-49-21-11-7-12-22-49)70(97)85-62(71(98)84-60)40-53-32-33-54-25-15-16-26-55(54)35-53/h6-16,19-26,28-33,35,45-47,56-66,80,91-93H,17-18,27,34,36-44,78-79H2,1-5H3,(H,81,94)(H,82,95)(H,83,96)(H,84,98)(H,85,97)(H,86,102)(H,87,101)(H,88,99)(H,89,100)(H,104,105)/t46-,47-,56+,57+,58+,59+,60+,61+,62-,63+,64+,65+,66+/m1/s1. The zero-order chi connectivity index (χ0) is 77.7. The normalized spacial score (nSPS) is 23.6. The lowest BCUT2D eigenvalue weighted by atomic mass is 9.98. The largest absolute Gasteiger partial charge is 0.480 e. The first-order valence-electron chi connectivity index (χ1n) is 35.5. The van der Waals surface area contributed by atoms with Crippen molar-refractivity contribution in [2.45, 2.75) is 170 Å². The van der Waals surface area contributed by atoms with E-state index in [0.717, 1.165) is 51.9 Å². The van der Waals surface area contributed by atoms with Crippen LogP contribution in [0.5, 0.6) is 0 Å². The van der Waals surface area contributed by atoms with Gasteiger partial charge in [-0.25, -0.2) is 4.79 Å². The number of likely N-dealkylation sites (N-methyl/N-ethyl adjacent to an activating group) is 1. The minimum Gasteiger partial charge on any atom is -0.480 e. The lowest BCUT2D eigenvalue weighted by Gasteiger charge is -2.32. The second kappa shape index (κ2) is 42.5. The number of hydrogen-bond acceptors (Lipinski definition) is 19. The van der Waals surface area contributed by atoms with Crippen LogP contribution in [0.2, 0.25) is 0 Å². The number of nitrogens with two attached hydrogens (primary N) is 2. The van der Waals surface area contributed by atoms with Crippen LogP contribution in [0.3, 0.4) is 0 Å². The van der Waals surface area contributed by atoms with Crippen molar-refractivity contribution in [1.29, 1.82) is 0 Å². The molecule has 6 aromatic carbocycles. The predicted octanol–water partition coefficient (Wildman–Crippen LogP) is 0.731. The Balaban J connectivity index is 1.33. The summed E-state index contributed by atoms with van der Waals surface area (Å²) in [5.41, 5.74) is 15.9. The van der Waals surface area contributed by atoms with Crippen molar-refractivity contribution in [2.24, 2.45) is 11.5 Å². The van der Waals surface area contributed by atoms with Crippen LogP contribution in [0.1, 0.15) is 80.3 Å². The number of benzene rings is 6. The molecule has 0 aliphatic carbocycles. The number of fused-ring (bicyclic) bond motifs is 1. The fourth-order valence-corrected chi connectivity index (χ4v) is 14.0. The molecule has 1 aliphatic rings. The van der Waals surface area contributed by atoms with E-state index in [0.29, 0.717) is 52.1 Å². The smallest absolute Gasteiger partial charge is 0.327 e. The average molecular weight is 1510 g/mol. The van der Waals surface area contributed by atoms with Gasteiger partial charge in [0.25, 0.3) is 0 Å². The van der Waals surface area contributed by atoms with E-state index in [1.165, 1.54) is 6.92 Å². The van der Waals surface area contributed by atoms with Gasteiger partial charge in [0.15, 0.2) is 0 Å². The molecule has 574 valence electrons. The van der Waals surface area contributed by atoms with E-state index >= 15 is 19.2 Å². The molecule has 1 aliphatic heterocycles. The van der Waals surface area contributed by atoms with E-state index in [1.54, 1.807) is 109 Å². The molecule has 0 bridgehead atoms. The van der Waals surface area contributed by atoms with Crippen molar-refractivity contribution in [3.63, 3.8) is 0 Å². The summed E-state index contributed by atoms with van der Waals surface area (Å²) in [7, 11) is 2.92. The van der Waals surface area contributed by atoms with Crippen molar-refractivity contribution in [3.8, 4) is 0 Å². The highest BCUT2D eigenvalue weighted by molar-refractivity contribution is 8.76. The summed E-state index contributed by atoms with van der Waals surface area (Å²) in [4.78, 5) is 161. The molecule has 18 N–H and O–H groups in total. The van der Waals surface area contributed by atoms with Crippen LogP contribution < -0.4 is 64.6 Å². The monoisotopic (exact) mass is 1510 g/mol. The molecule has 1 fully saturated rings. The Kier molecular flexibility index (Phi) is 33.6. The van der Waals surface area contributed by atoms with Gasteiger partial charge in [-0.3, -0.25) is 47.9 Å². The van der Waals surface area contributed by atoms with E-state index in [2.05, 4.69) is 53.2 Å². The number of carbonyl (C=O) groups is 11. The quantitative estimate of drug-likeness (QED) is 0.0349. The van der Waals surface area contributed by atoms with Crippen LogP contribution >= 0.6 is 21.6 Å². The summed E-state index contributed by atoms with van der Waals surface area (Å²) in [5.74, 6) is -11.8. The van der Waals surface area contributed by atoms with Crippen LogP contribution in [0.15, 0.2) is 158 Å². The Bertz CT molecular complexity index is 3960. The number of aliphatic hydroxyl groups is 3. The molecule has 0 radical (unpaired) electrons. The van der Waals surface area contributed by atoms with Gasteiger partial charge in [-0.2, -0.15) is 0 Å². The number of carboxylic acids is 1. The number of amides is 10. The number of aliphatic carboxylic acids is 1. The number of unbranched alkanes of at least 4 members (excludes halogenated alkanes) is 1. The molecule has 0 unspecified atom stereocenters. The number of aliphatic hydroxyl groups excluding tert-OH is 3. The minimum atomic E-state index is -1.90. The first kappa shape index (κ1) is 84.5. The average Bonchev–Trinajstić information content (AvgIpc) is 0.834. The summed E-state index contributed by atoms with van der Waals surface area (Å²) in [5, 5.41) is 72.5. The Hall–Kier alpha value is -9.79. The van der Waals surface area contributed by atoms with Gasteiger partial charge in [0.05, 0.1) is 24.9 Å². The molecule has 0 aromatic heterocycles. The molecule has 30 heteroatoms. The van der Waals surface area contributed by atoms with Crippen molar-refractivity contribution in [2.75, 3.05) is 31.7 Å². The zero-order valence-corrected chi connectivity index (χ0v) is 62.1. The van der Waals surface area contributed by atoms with E-state index in [9.17, 15) is 54.0 Å². The fourth-order valence-electron chi connectivity index (χ4n) is 11.8. The second-order valence-electron chi connectivity index (χ2n) is 26.8. The predicted molar refractivity (Wildman–Crippen MR) is 408 cm³/mol. The maximum atomic E-state index is 15.6.